The lowest BCUT2D eigenvalue weighted by molar-refractivity contribution is 0.671. The van der Waals surface area contributed by atoms with Gasteiger partial charge in [-0.05, 0) is 64.4 Å². The molecule has 2 heteroatoms. The summed E-state index contributed by atoms with van der Waals surface area (Å²) in [5, 5.41) is 9.76. The van der Waals surface area contributed by atoms with Gasteiger partial charge in [0.05, 0.1) is 11.0 Å². The van der Waals surface area contributed by atoms with Crippen LogP contribution in [0, 0.1) is 0 Å². The molecule has 0 atom stereocenters. The molecule has 2 heterocycles. The average molecular weight is 474 g/mol. The molecule has 0 saturated heterocycles. The minimum Gasteiger partial charge on any atom is -0.454 e. The second-order valence-corrected chi connectivity index (χ2v) is 9.68. The molecule has 2 nitrogen and oxygen atoms in total. The Morgan fingerprint density at radius 2 is 1.35 bits per heavy atom. The Balaban J connectivity index is 1.73. The van der Waals surface area contributed by atoms with Gasteiger partial charge in [-0.25, -0.2) is 0 Å². The first-order valence-electron chi connectivity index (χ1n) is 12.7. The highest BCUT2D eigenvalue weighted by Gasteiger charge is 2.23. The average Bonchev–Trinajstić information content (AvgIpc) is 3.50. The predicted octanol–water partition coefficient (Wildman–Crippen LogP) is 10.0. The maximum atomic E-state index is 6.82. The van der Waals surface area contributed by atoms with Crippen LogP contribution in [-0.2, 0) is 0 Å². The monoisotopic (exact) mass is 473 g/mol. The molecule has 0 bridgehead atoms. The van der Waals surface area contributed by atoms with Gasteiger partial charge in [-0.2, -0.15) is 0 Å². The van der Waals surface area contributed by atoms with Crippen LogP contribution < -0.4 is 0 Å². The molecule has 174 valence electrons. The molecule has 0 fully saturated rings. The molecule has 0 spiro atoms. The lowest BCUT2D eigenvalue weighted by atomic mass is 9.96. The van der Waals surface area contributed by atoms with Gasteiger partial charge in [0.1, 0.15) is 5.58 Å². The van der Waals surface area contributed by atoms with Crippen molar-refractivity contribution in [3.05, 3.63) is 121 Å². The van der Waals surface area contributed by atoms with E-state index in [1.54, 1.807) is 0 Å². The Morgan fingerprint density at radius 1 is 0.622 bits per heavy atom. The third kappa shape index (κ3) is 2.75. The first-order chi connectivity index (χ1) is 18.3. The topological polar surface area (TPSA) is 18.1 Å². The summed E-state index contributed by atoms with van der Waals surface area (Å²) >= 11 is 0. The van der Waals surface area contributed by atoms with Crippen LogP contribution in [0.4, 0.5) is 0 Å². The number of rotatable bonds is 2. The standard InChI is InChI=1S/C35H23NO/c1-2-10-22-17-19-29-28(21-22)31-26-15-8-9-16-27(26)33-32-25-14-7-6-11-23(25)18-20-30(32)37-35(33)34(31)36(29)24-12-4-3-5-13-24/h2-21H,1H3/b10-2+. The summed E-state index contributed by atoms with van der Waals surface area (Å²) < 4.78 is 9.19. The van der Waals surface area contributed by atoms with Gasteiger partial charge in [0, 0.05) is 27.2 Å². The molecule has 8 rings (SSSR count). The van der Waals surface area contributed by atoms with Crippen LogP contribution in [0.25, 0.3) is 77.1 Å². The van der Waals surface area contributed by atoms with E-state index in [1.807, 2.05) is 0 Å². The van der Waals surface area contributed by atoms with E-state index in [9.17, 15) is 0 Å². The first kappa shape index (κ1) is 20.4. The number of fused-ring (bicyclic) bond motifs is 12. The van der Waals surface area contributed by atoms with E-state index >= 15 is 0 Å². The zero-order valence-corrected chi connectivity index (χ0v) is 20.4. The molecule has 6 aromatic carbocycles. The number of aromatic nitrogens is 1. The van der Waals surface area contributed by atoms with E-state index < -0.39 is 0 Å². The molecule has 0 saturated carbocycles. The van der Waals surface area contributed by atoms with Crippen molar-refractivity contribution in [3.8, 4) is 5.69 Å². The normalized spacial score (nSPS) is 12.4. The lowest BCUT2D eigenvalue weighted by Crippen LogP contribution is -1.93. The SMILES string of the molecule is C/C=C/c1ccc2c(c1)c1c3ccccc3c3c(oc4ccc5ccccc5c43)c1n2-c1ccccc1. The molecule has 0 aliphatic heterocycles. The summed E-state index contributed by atoms with van der Waals surface area (Å²) in [5.41, 5.74) is 6.48. The Hall–Kier alpha value is -4.82. The number of nitrogens with zero attached hydrogens (tertiary/aromatic N) is 1. The summed E-state index contributed by atoms with van der Waals surface area (Å²) in [6, 6.07) is 39.1. The number of hydrogen-bond acceptors (Lipinski definition) is 1. The van der Waals surface area contributed by atoms with E-state index in [0.29, 0.717) is 0 Å². The second-order valence-electron chi connectivity index (χ2n) is 9.68. The summed E-state index contributed by atoms with van der Waals surface area (Å²) in [4.78, 5) is 0. The fourth-order valence-electron chi connectivity index (χ4n) is 6.15. The van der Waals surface area contributed by atoms with Crippen molar-refractivity contribution in [2.45, 2.75) is 6.92 Å². The van der Waals surface area contributed by atoms with Gasteiger partial charge in [-0.1, -0.05) is 91.0 Å². The van der Waals surface area contributed by atoms with Gasteiger partial charge in [0.15, 0.2) is 5.58 Å². The number of allylic oxidation sites excluding steroid dienone is 1. The number of furan rings is 1. The lowest BCUT2D eigenvalue weighted by Gasteiger charge is -2.09. The van der Waals surface area contributed by atoms with Crippen molar-refractivity contribution >= 4 is 71.4 Å². The summed E-state index contributed by atoms with van der Waals surface area (Å²) in [6.45, 7) is 2.06. The van der Waals surface area contributed by atoms with E-state index in [0.717, 1.165) is 22.4 Å². The molecule has 0 amide bonds. The highest BCUT2D eigenvalue weighted by molar-refractivity contribution is 6.37. The van der Waals surface area contributed by atoms with Crippen LogP contribution >= 0.6 is 0 Å². The van der Waals surface area contributed by atoms with E-state index in [4.69, 9.17) is 4.42 Å². The molecule has 8 aromatic rings. The third-order valence-electron chi connectivity index (χ3n) is 7.63. The molecule has 0 unspecified atom stereocenters. The van der Waals surface area contributed by atoms with Crippen molar-refractivity contribution in [3.63, 3.8) is 0 Å². The van der Waals surface area contributed by atoms with Crippen molar-refractivity contribution in [2.75, 3.05) is 0 Å². The summed E-state index contributed by atoms with van der Waals surface area (Å²) in [5.74, 6) is 0. The van der Waals surface area contributed by atoms with Gasteiger partial charge in [0.25, 0.3) is 0 Å². The Morgan fingerprint density at radius 3 is 2.16 bits per heavy atom. The Labute approximate surface area is 213 Å². The quantitative estimate of drug-likeness (QED) is 0.244. The fraction of sp³-hybridized carbons (Fsp3) is 0.0286. The minimum absolute atomic E-state index is 0.922. The maximum Gasteiger partial charge on any atom is 0.160 e. The predicted molar refractivity (Wildman–Crippen MR) is 158 cm³/mol. The van der Waals surface area contributed by atoms with Crippen molar-refractivity contribution in [1.29, 1.82) is 0 Å². The van der Waals surface area contributed by atoms with Gasteiger partial charge < -0.3 is 8.98 Å². The van der Waals surface area contributed by atoms with Crippen LogP contribution in [-0.4, -0.2) is 4.57 Å². The molecule has 2 aromatic heterocycles. The van der Waals surface area contributed by atoms with Crippen molar-refractivity contribution in [2.24, 2.45) is 0 Å². The van der Waals surface area contributed by atoms with Crippen LogP contribution in [0.3, 0.4) is 0 Å². The smallest absolute Gasteiger partial charge is 0.160 e. The molecule has 0 radical (unpaired) electrons. The second kappa shape index (κ2) is 7.59. The van der Waals surface area contributed by atoms with Crippen LogP contribution in [0.1, 0.15) is 12.5 Å². The first-order valence-corrected chi connectivity index (χ1v) is 12.7. The van der Waals surface area contributed by atoms with Crippen LogP contribution in [0.15, 0.2) is 120 Å². The van der Waals surface area contributed by atoms with E-state index in [1.165, 1.54) is 54.2 Å². The van der Waals surface area contributed by atoms with Crippen LogP contribution in [0.2, 0.25) is 0 Å². The number of hydrogen-bond donors (Lipinski definition) is 0. The van der Waals surface area contributed by atoms with Gasteiger partial charge in [-0.15, -0.1) is 0 Å². The Kier molecular flexibility index (Phi) is 4.18. The van der Waals surface area contributed by atoms with Crippen molar-refractivity contribution in [1.82, 2.24) is 4.57 Å². The zero-order chi connectivity index (χ0) is 24.5. The molecule has 0 N–H and O–H groups in total. The van der Waals surface area contributed by atoms with Crippen LogP contribution in [0.5, 0.6) is 0 Å². The number of benzene rings is 6. The highest BCUT2D eigenvalue weighted by atomic mass is 16.3. The molecular weight excluding hydrogens is 450 g/mol. The number of para-hydroxylation sites is 1. The van der Waals surface area contributed by atoms with Gasteiger partial charge >= 0.3 is 0 Å². The Bertz CT molecular complexity index is 2190. The molecule has 0 aliphatic carbocycles. The molecule has 0 aliphatic rings. The minimum atomic E-state index is 0.922. The summed E-state index contributed by atoms with van der Waals surface area (Å²) in [7, 11) is 0. The largest absolute Gasteiger partial charge is 0.454 e. The molecular formula is C35H23NO. The highest BCUT2D eigenvalue weighted by Crippen LogP contribution is 2.47. The fourth-order valence-corrected chi connectivity index (χ4v) is 6.15. The maximum absolute atomic E-state index is 6.82. The summed E-state index contributed by atoms with van der Waals surface area (Å²) in [6.07, 6.45) is 4.26. The molecule has 37 heavy (non-hydrogen) atoms. The van der Waals surface area contributed by atoms with E-state index in [2.05, 4.69) is 133 Å². The van der Waals surface area contributed by atoms with Gasteiger partial charge in [-0.3, -0.25) is 0 Å². The van der Waals surface area contributed by atoms with Gasteiger partial charge in [0.2, 0.25) is 0 Å². The zero-order valence-electron chi connectivity index (χ0n) is 20.4. The van der Waals surface area contributed by atoms with Crippen molar-refractivity contribution < 1.29 is 4.42 Å². The third-order valence-corrected chi connectivity index (χ3v) is 7.63. The van der Waals surface area contributed by atoms with E-state index in [-0.39, 0.29) is 0 Å².